The van der Waals surface area contributed by atoms with E-state index in [0.29, 0.717) is 16.6 Å². The van der Waals surface area contributed by atoms with E-state index in [1.165, 1.54) is 18.3 Å². The molecule has 2 aromatic rings. The third-order valence-corrected chi connectivity index (χ3v) is 6.71. The minimum absolute atomic E-state index is 0.221. The lowest BCUT2D eigenvalue weighted by Gasteiger charge is -2.34. The number of aromatic nitrogens is 1. The molecule has 3 aliphatic rings. The zero-order chi connectivity index (χ0) is 22.6. The molecular weight excluding hydrogens is 443 g/mol. The molecule has 1 aromatic heterocycles. The normalized spacial score (nSPS) is 25.6. The predicted molar refractivity (Wildman–Crippen MR) is 111 cm³/mol. The molecule has 1 saturated carbocycles. The molecule has 3 unspecified atom stereocenters. The fourth-order valence-corrected chi connectivity index (χ4v) is 5.02. The summed E-state index contributed by atoms with van der Waals surface area (Å²) in [5.41, 5.74) is 3.62. The molecule has 0 spiro atoms. The summed E-state index contributed by atoms with van der Waals surface area (Å²) in [5.74, 6) is -2.18. The number of nitrogens with one attached hydrogen (secondary N) is 3. The number of fused-ring (bicyclic) bond motifs is 1. The standard InChI is InChI=1S/C21H20F3N5O2S/c1-10-14(18(30)27-20-26-13(9-32-20)11-7-8-11)19(31)29-17(25-10)15(12-5-3-2-4-6-12)16(28-29)21(22,23)24/h2-6,9,11,15-17,25,28H,7-8H2,1H3,(H,26,27,30). The highest BCUT2D eigenvalue weighted by Crippen LogP contribution is 2.42. The number of carbonyl (C=O) groups excluding carboxylic acids is 2. The second kappa shape index (κ2) is 7.59. The van der Waals surface area contributed by atoms with Crippen LogP contribution in [0.1, 0.15) is 42.9 Å². The van der Waals surface area contributed by atoms with Crippen molar-refractivity contribution in [2.45, 2.75) is 50.0 Å². The lowest BCUT2D eigenvalue weighted by Crippen LogP contribution is -2.56. The van der Waals surface area contributed by atoms with Crippen LogP contribution in [0.5, 0.6) is 0 Å². The largest absolute Gasteiger partial charge is 0.406 e. The van der Waals surface area contributed by atoms with Gasteiger partial charge in [0.05, 0.1) is 11.6 Å². The summed E-state index contributed by atoms with van der Waals surface area (Å²) in [6.07, 6.45) is -3.46. The van der Waals surface area contributed by atoms with E-state index < -0.39 is 36.1 Å². The van der Waals surface area contributed by atoms with Gasteiger partial charge in [0, 0.05) is 17.0 Å². The van der Waals surface area contributed by atoms with Crippen LogP contribution in [-0.4, -0.2) is 40.2 Å². The van der Waals surface area contributed by atoms with Gasteiger partial charge in [-0.15, -0.1) is 11.3 Å². The SMILES string of the molecule is CC1=C(C(=O)Nc2nc(C3CC3)cs2)C(=O)N2NC(C(F)(F)F)C(c3ccccc3)C2N1. The fourth-order valence-electron chi connectivity index (χ4n) is 4.23. The molecule has 11 heteroatoms. The Balaban J connectivity index is 1.42. The molecule has 0 radical (unpaired) electrons. The maximum atomic E-state index is 13.8. The van der Waals surface area contributed by atoms with Crippen molar-refractivity contribution in [3.05, 3.63) is 58.2 Å². The Morgan fingerprint density at radius 1 is 1.25 bits per heavy atom. The number of carbonyl (C=O) groups is 2. The number of allylic oxidation sites excluding steroid dienone is 1. The van der Waals surface area contributed by atoms with Gasteiger partial charge in [-0.2, -0.15) is 13.2 Å². The van der Waals surface area contributed by atoms with Crippen LogP contribution in [0.3, 0.4) is 0 Å². The summed E-state index contributed by atoms with van der Waals surface area (Å²) in [5, 5.41) is 8.68. The highest BCUT2D eigenvalue weighted by atomic mass is 32.1. The molecule has 7 nitrogen and oxygen atoms in total. The van der Waals surface area contributed by atoms with Crippen molar-refractivity contribution in [2.24, 2.45) is 0 Å². The second-order valence-corrected chi connectivity index (χ2v) is 9.01. The zero-order valence-electron chi connectivity index (χ0n) is 16.9. The average Bonchev–Trinajstić information content (AvgIpc) is 3.35. The smallest absolute Gasteiger partial charge is 0.366 e. The number of hydrazine groups is 1. The first kappa shape index (κ1) is 21.0. The first-order valence-corrected chi connectivity index (χ1v) is 11.1. The van der Waals surface area contributed by atoms with Crippen LogP contribution in [0.15, 0.2) is 47.0 Å². The van der Waals surface area contributed by atoms with Gasteiger partial charge >= 0.3 is 6.18 Å². The van der Waals surface area contributed by atoms with Crippen LogP contribution >= 0.6 is 11.3 Å². The molecule has 0 bridgehead atoms. The van der Waals surface area contributed by atoms with Gasteiger partial charge in [-0.05, 0) is 25.3 Å². The highest BCUT2D eigenvalue weighted by molar-refractivity contribution is 7.14. The average molecular weight is 463 g/mol. The number of benzene rings is 1. The Morgan fingerprint density at radius 2 is 1.97 bits per heavy atom. The van der Waals surface area contributed by atoms with Crippen molar-refractivity contribution in [3.8, 4) is 0 Å². The molecule has 168 valence electrons. The third kappa shape index (κ3) is 3.65. The van der Waals surface area contributed by atoms with E-state index in [2.05, 4.69) is 21.0 Å². The van der Waals surface area contributed by atoms with E-state index in [-0.39, 0.29) is 11.3 Å². The quantitative estimate of drug-likeness (QED) is 0.607. The van der Waals surface area contributed by atoms with Crippen molar-refractivity contribution in [2.75, 3.05) is 5.32 Å². The van der Waals surface area contributed by atoms with Crippen LogP contribution < -0.4 is 16.1 Å². The Hall–Kier alpha value is -2.92. The Bertz CT molecular complexity index is 1100. The second-order valence-electron chi connectivity index (χ2n) is 8.16. The molecule has 2 aliphatic heterocycles. The van der Waals surface area contributed by atoms with Gasteiger partial charge in [0.1, 0.15) is 17.8 Å². The van der Waals surface area contributed by atoms with E-state index >= 15 is 0 Å². The minimum atomic E-state index is -4.60. The van der Waals surface area contributed by atoms with Gasteiger partial charge in [0.2, 0.25) is 0 Å². The Kier molecular flexibility index (Phi) is 4.97. The first-order chi connectivity index (χ1) is 15.2. The van der Waals surface area contributed by atoms with E-state index in [4.69, 9.17) is 0 Å². The van der Waals surface area contributed by atoms with Crippen molar-refractivity contribution >= 4 is 28.3 Å². The number of amides is 2. The summed E-state index contributed by atoms with van der Waals surface area (Å²) in [6, 6.07) is 6.24. The molecule has 1 aromatic carbocycles. The van der Waals surface area contributed by atoms with E-state index in [1.807, 2.05) is 5.38 Å². The van der Waals surface area contributed by atoms with Gasteiger partial charge in [0.15, 0.2) is 5.13 Å². The third-order valence-electron chi connectivity index (χ3n) is 5.93. The summed E-state index contributed by atoms with van der Waals surface area (Å²) >= 11 is 1.26. The number of anilines is 1. The van der Waals surface area contributed by atoms with Crippen LogP contribution in [0.4, 0.5) is 18.3 Å². The van der Waals surface area contributed by atoms with Crippen molar-refractivity contribution in [1.29, 1.82) is 0 Å². The van der Waals surface area contributed by atoms with Gasteiger partial charge in [-0.25, -0.2) is 15.4 Å². The van der Waals surface area contributed by atoms with Crippen molar-refractivity contribution in [1.82, 2.24) is 20.7 Å². The Labute approximate surface area is 185 Å². The number of hydrogen-bond acceptors (Lipinski definition) is 6. The molecule has 2 amide bonds. The molecular formula is C21H20F3N5O2S. The molecule has 3 heterocycles. The number of hydrogen-bond donors (Lipinski definition) is 3. The molecule has 5 rings (SSSR count). The first-order valence-electron chi connectivity index (χ1n) is 10.2. The van der Waals surface area contributed by atoms with Crippen molar-refractivity contribution in [3.63, 3.8) is 0 Å². The van der Waals surface area contributed by atoms with Gasteiger partial charge in [0.25, 0.3) is 11.8 Å². The summed E-state index contributed by atoms with van der Waals surface area (Å²) in [4.78, 5) is 30.4. The van der Waals surface area contributed by atoms with Crippen LogP contribution in [0.2, 0.25) is 0 Å². The topological polar surface area (TPSA) is 86.4 Å². The lowest BCUT2D eigenvalue weighted by atomic mass is 9.89. The van der Waals surface area contributed by atoms with Gasteiger partial charge in [-0.1, -0.05) is 30.3 Å². The van der Waals surface area contributed by atoms with Crippen molar-refractivity contribution < 1.29 is 22.8 Å². The molecule has 2 fully saturated rings. The number of thiazole rings is 1. The van der Waals surface area contributed by atoms with Gasteiger partial charge < -0.3 is 5.32 Å². The highest BCUT2D eigenvalue weighted by Gasteiger charge is 2.58. The van der Waals surface area contributed by atoms with Crippen LogP contribution in [0, 0.1) is 0 Å². The summed E-state index contributed by atoms with van der Waals surface area (Å²) < 4.78 is 41.5. The maximum Gasteiger partial charge on any atom is 0.406 e. The molecule has 1 aliphatic carbocycles. The van der Waals surface area contributed by atoms with E-state index in [0.717, 1.165) is 23.5 Å². The summed E-state index contributed by atoms with van der Waals surface area (Å²) in [7, 11) is 0. The summed E-state index contributed by atoms with van der Waals surface area (Å²) in [6.45, 7) is 1.52. The van der Waals surface area contributed by atoms with E-state index in [1.54, 1.807) is 30.3 Å². The number of halogens is 3. The lowest BCUT2D eigenvalue weighted by molar-refractivity contribution is -0.161. The minimum Gasteiger partial charge on any atom is -0.366 e. The number of alkyl halides is 3. The monoisotopic (exact) mass is 463 g/mol. The molecule has 3 atom stereocenters. The van der Waals surface area contributed by atoms with Crippen LogP contribution in [-0.2, 0) is 9.59 Å². The molecule has 3 N–H and O–H groups in total. The van der Waals surface area contributed by atoms with Crippen LogP contribution in [0.25, 0.3) is 0 Å². The van der Waals surface area contributed by atoms with E-state index in [9.17, 15) is 22.8 Å². The predicted octanol–water partition coefficient (Wildman–Crippen LogP) is 3.22. The number of nitrogens with zero attached hydrogens (tertiary/aromatic N) is 2. The molecule has 1 saturated heterocycles. The molecule has 32 heavy (non-hydrogen) atoms. The maximum absolute atomic E-state index is 13.8. The number of rotatable bonds is 4. The fraction of sp³-hybridized carbons (Fsp3) is 0.381. The Morgan fingerprint density at radius 3 is 2.62 bits per heavy atom. The van der Waals surface area contributed by atoms with Gasteiger partial charge in [-0.3, -0.25) is 14.9 Å². The zero-order valence-corrected chi connectivity index (χ0v) is 17.8.